The molecule has 0 aliphatic carbocycles. The zero-order valence-electron chi connectivity index (χ0n) is 11.7. The van der Waals surface area contributed by atoms with E-state index in [1.54, 1.807) is 13.8 Å². The van der Waals surface area contributed by atoms with Crippen molar-refractivity contribution in [2.24, 2.45) is 0 Å². The van der Waals surface area contributed by atoms with Gasteiger partial charge in [0.15, 0.2) is 9.84 Å². The zero-order valence-corrected chi connectivity index (χ0v) is 12.5. The van der Waals surface area contributed by atoms with Gasteiger partial charge in [-0.15, -0.1) is 5.10 Å². The number of hydrogen-bond acceptors (Lipinski definition) is 5. The first-order valence-corrected chi connectivity index (χ1v) is 7.95. The number of sulfone groups is 1. The van der Waals surface area contributed by atoms with Crippen molar-refractivity contribution in [1.29, 1.82) is 0 Å². The molecular formula is C13H16FN3O3S. The highest BCUT2D eigenvalue weighted by Crippen LogP contribution is 2.16. The average molecular weight is 313 g/mol. The number of halogens is 1. The third kappa shape index (κ3) is 3.85. The summed E-state index contributed by atoms with van der Waals surface area (Å²) in [5, 5.41) is 17.3. The normalized spacial score (nSPS) is 12.6. The van der Waals surface area contributed by atoms with Crippen molar-refractivity contribution < 1.29 is 17.9 Å². The van der Waals surface area contributed by atoms with Crippen molar-refractivity contribution >= 4 is 9.84 Å². The van der Waals surface area contributed by atoms with Crippen molar-refractivity contribution in [2.75, 3.05) is 5.75 Å². The Morgan fingerprint density at radius 1 is 1.29 bits per heavy atom. The summed E-state index contributed by atoms with van der Waals surface area (Å²) >= 11 is 0. The molecule has 0 atom stereocenters. The minimum absolute atomic E-state index is 0.0618. The van der Waals surface area contributed by atoms with Gasteiger partial charge >= 0.3 is 0 Å². The third-order valence-corrected chi connectivity index (χ3v) is 4.64. The number of aliphatic hydroxyl groups is 1. The second kappa shape index (κ2) is 5.53. The monoisotopic (exact) mass is 313 g/mol. The maximum atomic E-state index is 12.8. The molecule has 8 heteroatoms. The highest BCUT2D eigenvalue weighted by molar-refractivity contribution is 7.91. The van der Waals surface area contributed by atoms with E-state index in [1.165, 1.54) is 23.0 Å². The fraction of sp³-hybridized carbons (Fsp3) is 0.385. The van der Waals surface area contributed by atoms with Crippen molar-refractivity contribution in [2.45, 2.75) is 30.9 Å². The Morgan fingerprint density at radius 3 is 2.43 bits per heavy atom. The van der Waals surface area contributed by atoms with Gasteiger partial charge in [-0.2, -0.15) is 0 Å². The van der Waals surface area contributed by atoms with Gasteiger partial charge in [0.1, 0.15) is 17.1 Å². The molecule has 1 aromatic heterocycles. The fourth-order valence-electron chi connectivity index (χ4n) is 1.66. The number of rotatable bonds is 5. The van der Waals surface area contributed by atoms with E-state index >= 15 is 0 Å². The molecule has 0 spiro atoms. The highest BCUT2D eigenvalue weighted by Gasteiger charge is 2.21. The molecule has 0 saturated heterocycles. The Bertz CT molecular complexity index is 718. The molecule has 0 amide bonds. The maximum absolute atomic E-state index is 12.8. The largest absolute Gasteiger partial charge is 0.384 e. The molecule has 0 fully saturated rings. The minimum Gasteiger partial charge on any atom is -0.384 e. The summed E-state index contributed by atoms with van der Waals surface area (Å²) in [6.45, 7) is 3.23. The first-order valence-electron chi connectivity index (χ1n) is 6.30. The van der Waals surface area contributed by atoms with Gasteiger partial charge in [0.25, 0.3) is 0 Å². The number of aryl methyl sites for hydroxylation is 1. The molecule has 1 N–H and O–H groups in total. The highest BCUT2D eigenvalue weighted by atomic mass is 32.2. The van der Waals surface area contributed by atoms with E-state index < -0.39 is 21.3 Å². The van der Waals surface area contributed by atoms with Crippen LogP contribution in [0.3, 0.4) is 0 Å². The average Bonchev–Trinajstić information content (AvgIpc) is 2.86. The van der Waals surface area contributed by atoms with Crippen LogP contribution in [0.4, 0.5) is 4.39 Å². The van der Waals surface area contributed by atoms with Crippen LogP contribution in [0.25, 0.3) is 0 Å². The number of hydrogen-bond donors (Lipinski definition) is 1. The SMILES string of the molecule is CC(C)(O)c1cn(CCS(=O)(=O)c2ccc(F)cc2)nn1. The van der Waals surface area contributed by atoms with Crippen LogP contribution in [-0.4, -0.2) is 34.3 Å². The molecule has 21 heavy (non-hydrogen) atoms. The van der Waals surface area contributed by atoms with Crippen LogP contribution in [-0.2, 0) is 22.0 Å². The van der Waals surface area contributed by atoms with Gasteiger partial charge in [-0.1, -0.05) is 5.21 Å². The van der Waals surface area contributed by atoms with Crippen LogP contribution >= 0.6 is 0 Å². The van der Waals surface area contributed by atoms with Gasteiger partial charge in [0.2, 0.25) is 0 Å². The molecule has 0 bridgehead atoms. The molecule has 6 nitrogen and oxygen atoms in total. The lowest BCUT2D eigenvalue weighted by molar-refractivity contribution is 0.0737. The molecule has 0 unspecified atom stereocenters. The standard InChI is InChI=1S/C13H16FN3O3S/c1-13(2,18)12-9-17(16-15-12)7-8-21(19,20)11-5-3-10(14)4-6-11/h3-6,9,18H,7-8H2,1-2H3. The maximum Gasteiger partial charge on any atom is 0.180 e. The molecule has 2 rings (SSSR count). The lowest BCUT2D eigenvalue weighted by Gasteiger charge is -2.11. The Morgan fingerprint density at radius 2 is 1.90 bits per heavy atom. The first kappa shape index (κ1) is 15.6. The predicted octanol–water partition coefficient (Wildman–Crippen LogP) is 1.12. The molecule has 0 radical (unpaired) electrons. The number of benzene rings is 1. The third-order valence-electron chi connectivity index (χ3n) is 2.93. The summed E-state index contributed by atoms with van der Waals surface area (Å²) in [4.78, 5) is 0.0618. The topological polar surface area (TPSA) is 85.1 Å². The molecule has 0 saturated carbocycles. The van der Waals surface area contributed by atoms with Crippen molar-refractivity contribution in [1.82, 2.24) is 15.0 Å². The summed E-state index contributed by atoms with van der Waals surface area (Å²) in [7, 11) is -3.52. The van der Waals surface area contributed by atoms with Crippen LogP contribution in [0.1, 0.15) is 19.5 Å². The van der Waals surface area contributed by atoms with E-state index in [2.05, 4.69) is 10.3 Å². The minimum atomic E-state index is -3.52. The molecule has 114 valence electrons. The van der Waals surface area contributed by atoms with Gasteiger partial charge < -0.3 is 5.11 Å². The Kier molecular flexibility index (Phi) is 4.11. The Labute approximate surface area is 122 Å². The number of nitrogens with zero attached hydrogens (tertiary/aromatic N) is 3. The van der Waals surface area contributed by atoms with E-state index in [1.807, 2.05) is 0 Å². The summed E-state index contributed by atoms with van der Waals surface area (Å²) in [5.74, 6) is -0.673. The van der Waals surface area contributed by atoms with Crippen LogP contribution in [0.2, 0.25) is 0 Å². The second-order valence-electron chi connectivity index (χ2n) is 5.20. The number of aromatic nitrogens is 3. The quantitative estimate of drug-likeness (QED) is 0.836. The van der Waals surface area contributed by atoms with Crippen LogP contribution in [0, 0.1) is 5.82 Å². The Balaban J connectivity index is 2.08. The molecule has 0 aliphatic heterocycles. The summed E-state index contributed by atoms with van der Waals surface area (Å²) in [6, 6.07) is 4.67. The summed E-state index contributed by atoms with van der Waals surface area (Å²) < 4.78 is 38.3. The smallest absolute Gasteiger partial charge is 0.180 e. The lowest BCUT2D eigenvalue weighted by atomic mass is 10.1. The first-order chi connectivity index (χ1) is 9.68. The van der Waals surface area contributed by atoms with Gasteiger partial charge in [-0.3, -0.25) is 4.68 Å². The molecular weight excluding hydrogens is 297 g/mol. The van der Waals surface area contributed by atoms with Crippen LogP contribution in [0.5, 0.6) is 0 Å². The van der Waals surface area contributed by atoms with Gasteiger partial charge in [0.05, 0.1) is 23.4 Å². The zero-order chi connectivity index (χ0) is 15.7. The van der Waals surface area contributed by atoms with E-state index in [0.29, 0.717) is 5.69 Å². The van der Waals surface area contributed by atoms with Crippen molar-refractivity contribution in [3.05, 3.63) is 42.0 Å². The van der Waals surface area contributed by atoms with E-state index in [9.17, 15) is 17.9 Å². The predicted molar refractivity (Wildman–Crippen MR) is 73.7 cm³/mol. The molecule has 1 aromatic carbocycles. The van der Waals surface area contributed by atoms with Crippen LogP contribution in [0.15, 0.2) is 35.4 Å². The van der Waals surface area contributed by atoms with Crippen molar-refractivity contribution in [3.8, 4) is 0 Å². The lowest BCUT2D eigenvalue weighted by Crippen LogP contribution is -2.16. The summed E-state index contributed by atoms with van der Waals surface area (Å²) in [5.41, 5.74) is -0.768. The van der Waals surface area contributed by atoms with Crippen LogP contribution < -0.4 is 0 Å². The fourth-order valence-corrected chi connectivity index (χ4v) is 2.88. The van der Waals surface area contributed by atoms with Crippen molar-refractivity contribution in [3.63, 3.8) is 0 Å². The summed E-state index contributed by atoms with van der Waals surface area (Å²) in [6.07, 6.45) is 1.50. The molecule has 1 heterocycles. The van der Waals surface area contributed by atoms with Gasteiger partial charge in [-0.25, -0.2) is 12.8 Å². The van der Waals surface area contributed by atoms with Gasteiger partial charge in [0, 0.05) is 0 Å². The van der Waals surface area contributed by atoms with Gasteiger partial charge in [-0.05, 0) is 38.1 Å². The Hall–Kier alpha value is -1.80. The van der Waals surface area contributed by atoms with E-state index in [4.69, 9.17) is 0 Å². The second-order valence-corrected chi connectivity index (χ2v) is 7.31. The molecule has 2 aromatic rings. The van der Waals surface area contributed by atoms with E-state index in [-0.39, 0.29) is 17.2 Å². The molecule has 0 aliphatic rings. The van der Waals surface area contributed by atoms with E-state index in [0.717, 1.165) is 12.1 Å².